The molecule has 0 saturated carbocycles. The maximum absolute atomic E-state index is 4.95. The van der Waals surface area contributed by atoms with E-state index in [0.29, 0.717) is 33.2 Å². The van der Waals surface area contributed by atoms with Crippen LogP contribution in [0, 0.1) is 22.9 Å². The molecule has 0 saturated heterocycles. The van der Waals surface area contributed by atoms with E-state index in [1.165, 1.54) is 10.8 Å². The van der Waals surface area contributed by atoms with E-state index in [2.05, 4.69) is 130 Å². The van der Waals surface area contributed by atoms with Gasteiger partial charge in [-0.15, -0.1) is 0 Å². The summed E-state index contributed by atoms with van der Waals surface area (Å²) in [6.45, 7) is 28.5. The number of hydrogen-bond donors (Lipinski definition) is 0. The van der Waals surface area contributed by atoms with Crippen molar-refractivity contribution < 1.29 is 0 Å². The van der Waals surface area contributed by atoms with Gasteiger partial charge in [0, 0.05) is 0 Å². The van der Waals surface area contributed by atoms with Gasteiger partial charge in [0.15, 0.2) is 0 Å². The number of nitrogens with zero attached hydrogens (tertiary/aromatic N) is 2. The van der Waals surface area contributed by atoms with Gasteiger partial charge in [-0.2, -0.15) is 0 Å². The average Bonchev–Trinajstić information content (AvgIpc) is 3.28. The van der Waals surface area contributed by atoms with Crippen LogP contribution in [0.2, 0.25) is 33.2 Å². The summed E-state index contributed by atoms with van der Waals surface area (Å²) in [4.78, 5) is 0. The van der Waals surface area contributed by atoms with E-state index in [9.17, 15) is 0 Å². The molecule has 1 heterocycles. The molecule has 3 rings (SSSR count). The minimum atomic E-state index is -1.87. The Bertz CT molecular complexity index is 1230. The van der Waals surface area contributed by atoms with Gasteiger partial charge < -0.3 is 0 Å². The predicted octanol–water partition coefficient (Wildman–Crippen LogP) is 8.98. The molecule has 0 spiro atoms. The van der Waals surface area contributed by atoms with Crippen LogP contribution in [-0.2, 0) is 0 Å². The number of hydrogen-bond acceptors (Lipinski definition) is 2. The summed E-state index contributed by atoms with van der Waals surface area (Å²) in [7, 11) is -3.75. The van der Waals surface area contributed by atoms with Crippen molar-refractivity contribution in [3.8, 4) is 22.9 Å². The summed E-state index contributed by atoms with van der Waals surface area (Å²) in [6, 6.07) is 8.68. The standard InChI is InChI=1S/C32H46N2SeSi2/c1-21(2)36(22(3)4,23(5)6)19-17-29-27-15-13-14-16-28(27)30(32-31(29)33-35-34-32)18-20-37(24(7)8,25(9)10)26(11)12/h13-16,21-26H,1-12H3. The van der Waals surface area contributed by atoms with Gasteiger partial charge in [-0.05, 0) is 0 Å². The van der Waals surface area contributed by atoms with Gasteiger partial charge in [-0.3, -0.25) is 0 Å². The Kier molecular flexibility index (Phi) is 9.41. The van der Waals surface area contributed by atoms with Crippen molar-refractivity contribution in [1.29, 1.82) is 0 Å². The number of benzene rings is 2. The number of rotatable bonds is 6. The van der Waals surface area contributed by atoms with Gasteiger partial charge in [0.2, 0.25) is 0 Å². The fraction of sp³-hybridized carbons (Fsp3) is 0.562. The third kappa shape index (κ3) is 5.18. The molecule has 5 heteroatoms. The Hall–Kier alpha value is -1.63. The Morgan fingerprint density at radius 1 is 0.541 bits per heavy atom. The second-order valence-electron chi connectivity index (χ2n) is 12.6. The van der Waals surface area contributed by atoms with Crippen LogP contribution in [0.1, 0.15) is 94.2 Å². The molecule has 0 bridgehead atoms. The Balaban J connectivity index is 2.39. The number of fused-ring (bicyclic) bond motifs is 2. The third-order valence-corrected chi connectivity index (χ3v) is 22.7. The summed E-state index contributed by atoms with van der Waals surface area (Å²) in [5.41, 5.74) is 15.6. The Morgan fingerprint density at radius 2 is 0.838 bits per heavy atom. The Morgan fingerprint density at radius 3 is 1.11 bits per heavy atom. The SMILES string of the molecule is CC(C)[Si](C#Cc1c2ccccc2c(C#C[Si](C(C)C)(C(C)C)C(C)C)c2n[se]nc12)(C(C)C)C(C)C. The van der Waals surface area contributed by atoms with Crippen molar-refractivity contribution in [2.45, 2.75) is 116 Å². The third-order valence-electron chi connectivity index (χ3n) is 8.97. The van der Waals surface area contributed by atoms with Gasteiger partial charge in [-0.25, -0.2) is 0 Å². The van der Waals surface area contributed by atoms with E-state index in [1.807, 2.05) is 0 Å². The molecule has 2 nitrogen and oxygen atoms in total. The van der Waals surface area contributed by atoms with E-state index in [0.717, 1.165) is 22.2 Å². The molecule has 198 valence electrons. The summed E-state index contributed by atoms with van der Waals surface area (Å²) in [5, 5.41) is 2.36. The second kappa shape index (κ2) is 11.6. The van der Waals surface area contributed by atoms with Crippen LogP contribution in [0.15, 0.2) is 24.3 Å². The van der Waals surface area contributed by atoms with Crippen LogP contribution in [0.25, 0.3) is 21.8 Å². The molecule has 0 unspecified atom stereocenters. The molecule has 0 amide bonds. The molecule has 0 atom stereocenters. The zero-order valence-corrected chi connectivity index (χ0v) is 28.8. The van der Waals surface area contributed by atoms with Gasteiger partial charge in [0.05, 0.1) is 0 Å². The van der Waals surface area contributed by atoms with Crippen LogP contribution >= 0.6 is 0 Å². The van der Waals surface area contributed by atoms with Gasteiger partial charge in [-0.1, -0.05) is 0 Å². The summed E-state index contributed by atoms with van der Waals surface area (Å²) >= 11 is -0.141. The fourth-order valence-corrected chi connectivity index (χ4v) is 18.7. The van der Waals surface area contributed by atoms with Crippen LogP contribution in [0.5, 0.6) is 0 Å². The van der Waals surface area contributed by atoms with Crippen molar-refractivity contribution in [3.63, 3.8) is 0 Å². The summed E-state index contributed by atoms with van der Waals surface area (Å²) < 4.78 is 9.89. The van der Waals surface area contributed by atoms with Crippen molar-refractivity contribution in [2.24, 2.45) is 0 Å². The molecule has 0 aliphatic carbocycles. The average molecular weight is 594 g/mol. The quantitative estimate of drug-likeness (QED) is 0.211. The van der Waals surface area contributed by atoms with Gasteiger partial charge in [0.1, 0.15) is 0 Å². The Labute approximate surface area is 234 Å². The van der Waals surface area contributed by atoms with Crippen molar-refractivity contribution >= 4 is 52.9 Å². The zero-order valence-electron chi connectivity index (χ0n) is 25.1. The summed E-state index contributed by atoms with van der Waals surface area (Å²) in [5.74, 6) is 7.51. The van der Waals surface area contributed by atoms with E-state index in [1.54, 1.807) is 0 Å². The van der Waals surface area contributed by atoms with Crippen LogP contribution in [0.3, 0.4) is 0 Å². The normalized spacial score (nSPS) is 12.8. The minimum absolute atomic E-state index is 0.141. The molecule has 0 radical (unpaired) electrons. The molecule has 2 aromatic carbocycles. The first-order chi connectivity index (χ1) is 17.3. The van der Waals surface area contributed by atoms with Gasteiger partial charge >= 0.3 is 236 Å². The molecule has 1 aromatic heterocycles. The summed E-state index contributed by atoms with van der Waals surface area (Å²) in [6.07, 6.45) is 0. The maximum atomic E-state index is 4.95. The van der Waals surface area contributed by atoms with Crippen molar-refractivity contribution in [1.82, 2.24) is 7.96 Å². The molecule has 0 fully saturated rings. The van der Waals surface area contributed by atoms with Crippen molar-refractivity contribution in [3.05, 3.63) is 35.4 Å². The molecule has 0 N–H and O–H groups in total. The number of aromatic nitrogens is 2. The molecule has 3 aromatic rings. The zero-order chi connectivity index (χ0) is 27.7. The van der Waals surface area contributed by atoms with E-state index < -0.39 is 16.1 Å². The van der Waals surface area contributed by atoms with Crippen LogP contribution in [0.4, 0.5) is 0 Å². The van der Waals surface area contributed by atoms with E-state index in [4.69, 9.17) is 7.96 Å². The van der Waals surface area contributed by atoms with Gasteiger partial charge in [0.25, 0.3) is 0 Å². The molecule has 0 aliphatic rings. The molecule has 0 aliphatic heterocycles. The first-order valence-electron chi connectivity index (χ1n) is 14.0. The van der Waals surface area contributed by atoms with Crippen LogP contribution < -0.4 is 0 Å². The van der Waals surface area contributed by atoms with E-state index >= 15 is 0 Å². The van der Waals surface area contributed by atoms with Crippen LogP contribution in [-0.4, -0.2) is 39.1 Å². The van der Waals surface area contributed by atoms with E-state index in [-0.39, 0.29) is 15.0 Å². The van der Waals surface area contributed by atoms with Crippen molar-refractivity contribution in [2.75, 3.05) is 0 Å². The first kappa shape index (κ1) is 29.9. The first-order valence-corrected chi connectivity index (χ1v) is 20.0. The molecular weight excluding hydrogens is 547 g/mol. The molecule has 37 heavy (non-hydrogen) atoms. The molecular formula is C32H46N2SeSi2. The topological polar surface area (TPSA) is 25.8 Å². The monoisotopic (exact) mass is 594 g/mol. The fourth-order valence-electron chi connectivity index (χ4n) is 7.15. The second-order valence-corrected chi connectivity index (χ2v) is 24.8. The predicted molar refractivity (Wildman–Crippen MR) is 170 cm³/mol.